The lowest BCUT2D eigenvalue weighted by Gasteiger charge is -2.32. The van der Waals surface area contributed by atoms with Crippen LogP contribution in [0.15, 0.2) is 54.7 Å². The zero-order valence-electron chi connectivity index (χ0n) is 16.6. The highest BCUT2D eigenvalue weighted by atomic mass is 32.1. The second-order valence-corrected chi connectivity index (χ2v) is 7.91. The van der Waals surface area contributed by atoms with Gasteiger partial charge in [-0.1, -0.05) is 30.4 Å². The van der Waals surface area contributed by atoms with Gasteiger partial charge >= 0.3 is 0 Å². The quantitative estimate of drug-likeness (QED) is 0.612. The van der Waals surface area contributed by atoms with E-state index in [-0.39, 0.29) is 17.6 Å². The molecular formula is C23H24FN3O2S. The molecule has 0 unspecified atom stereocenters. The molecule has 4 rings (SSSR count). The Hall–Kier alpha value is -2.93. The molecule has 0 bridgehead atoms. The normalized spacial score (nSPS) is 14.8. The Labute approximate surface area is 180 Å². The van der Waals surface area contributed by atoms with Crippen LogP contribution < -0.4 is 10.5 Å². The highest BCUT2D eigenvalue weighted by Crippen LogP contribution is 2.26. The lowest BCUT2D eigenvalue weighted by molar-refractivity contribution is -0.122. The van der Waals surface area contributed by atoms with E-state index in [2.05, 4.69) is 27.8 Å². The van der Waals surface area contributed by atoms with Crippen LogP contribution in [-0.4, -0.2) is 40.1 Å². The van der Waals surface area contributed by atoms with Gasteiger partial charge in [0.1, 0.15) is 23.2 Å². The van der Waals surface area contributed by atoms with Gasteiger partial charge in [-0.05, 0) is 43.2 Å². The van der Waals surface area contributed by atoms with Gasteiger partial charge in [0, 0.05) is 41.7 Å². The van der Waals surface area contributed by atoms with Crippen LogP contribution >= 0.6 is 12.2 Å². The van der Waals surface area contributed by atoms with Crippen molar-refractivity contribution in [1.29, 1.82) is 0 Å². The molecule has 1 saturated heterocycles. The average Bonchev–Trinajstić information content (AvgIpc) is 3.13. The average molecular weight is 426 g/mol. The minimum absolute atomic E-state index is 0.0611. The summed E-state index contributed by atoms with van der Waals surface area (Å²) in [6, 6.07) is 14.2. The summed E-state index contributed by atoms with van der Waals surface area (Å²) in [7, 11) is 0. The van der Waals surface area contributed by atoms with E-state index in [0.29, 0.717) is 18.9 Å². The van der Waals surface area contributed by atoms with E-state index in [0.717, 1.165) is 47.4 Å². The number of hydrogen-bond donors (Lipinski definition) is 1. The number of aromatic nitrogens is 1. The second kappa shape index (κ2) is 8.83. The summed E-state index contributed by atoms with van der Waals surface area (Å²) in [6.45, 7) is 2.57. The van der Waals surface area contributed by atoms with Crippen LogP contribution in [-0.2, 0) is 11.3 Å². The fraction of sp³-hybridized carbons (Fsp3) is 0.304. The van der Waals surface area contributed by atoms with E-state index in [1.165, 1.54) is 12.1 Å². The van der Waals surface area contributed by atoms with Crippen molar-refractivity contribution in [2.75, 3.05) is 19.7 Å². The fourth-order valence-electron chi connectivity index (χ4n) is 3.93. The van der Waals surface area contributed by atoms with E-state index in [1.807, 2.05) is 12.1 Å². The third-order valence-electron chi connectivity index (χ3n) is 5.62. The van der Waals surface area contributed by atoms with Crippen molar-refractivity contribution in [3.05, 3.63) is 66.1 Å². The van der Waals surface area contributed by atoms with Crippen LogP contribution in [0.2, 0.25) is 0 Å². The first kappa shape index (κ1) is 20.3. The summed E-state index contributed by atoms with van der Waals surface area (Å²) in [5.41, 5.74) is 7.55. The van der Waals surface area contributed by atoms with E-state index < -0.39 is 0 Å². The minimum Gasteiger partial charge on any atom is -0.492 e. The molecule has 1 aromatic heterocycles. The Kier molecular flexibility index (Phi) is 5.99. The van der Waals surface area contributed by atoms with Crippen molar-refractivity contribution >= 4 is 34.0 Å². The number of carbonyl (C=O) groups excluding carboxylic acids is 1. The van der Waals surface area contributed by atoms with Crippen molar-refractivity contribution in [3.63, 3.8) is 0 Å². The number of thiocarbonyl (C=S) groups is 1. The molecule has 1 aliphatic rings. The van der Waals surface area contributed by atoms with Gasteiger partial charge in [-0.25, -0.2) is 4.39 Å². The zero-order chi connectivity index (χ0) is 21.1. The Morgan fingerprint density at radius 1 is 1.13 bits per heavy atom. The molecule has 5 nitrogen and oxygen atoms in total. The molecule has 3 aromatic rings. The number of hydrogen-bond acceptors (Lipinski definition) is 3. The molecule has 1 amide bonds. The van der Waals surface area contributed by atoms with Gasteiger partial charge < -0.3 is 19.9 Å². The molecular weight excluding hydrogens is 401 g/mol. The second-order valence-electron chi connectivity index (χ2n) is 7.52. The maximum atomic E-state index is 13.0. The predicted molar refractivity (Wildman–Crippen MR) is 119 cm³/mol. The predicted octanol–water partition coefficient (Wildman–Crippen LogP) is 3.73. The maximum absolute atomic E-state index is 13.0. The van der Waals surface area contributed by atoms with Crippen LogP contribution in [0.3, 0.4) is 0 Å². The third kappa shape index (κ3) is 4.31. The Morgan fingerprint density at radius 2 is 1.83 bits per heavy atom. The molecule has 30 heavy (non-hydrogen) atoms. The number of fused-ring (bicyclic) bond motifs is 1. The molecule has 2 aromatic carbocycles. The number of halogens is 1. The van der Waals surface area contributed by atoms with Crippen molar-refractivity contribution in [3.8, 4) is 5.75 Å². The SMILES string of the molecule is NC(=O)C1CCN(C(=S)c2cn(CCOc3ccc(F)cc3)c3ccccc23)CC1. The van der Waals surface area contributed by atoms with E-state index in [9.17, 15) is 9.18 Å². The summed E-state index contributed by atoms with van der Waals surface area (Å²) >= 11 is 5.82. The standard InChI is InChI=1S/C23H24FN3O2S/c24-17-5-7-18(8-6-17)29-14-13-27-15-20(19-3-1-2-4-21(19)27)23(30)26-11-9-16(10-12-26)22(25)28/h1-8,15-16H,9-14H2,(H2,25,28). The Morgan fingerprint density at radius 3 is 2.53 bits per heavy atom. The molecule has 7 heteroatoms. The Bertz CT molecular complexity index is 1060. The molecule has 0 saturated carbocycles. The van der Waals surface area contributed by atoms with Crippen LogP contribution in [0, 0.1) is 11.7 Å². The zero-order valence-corrected chi connectivity index (χ0v) is 17.4. The molecule has 0 atom stereocenters. The first-order valence-corrected chi connectivity index (χ1v) is 10.5. The largest absolute Gasteiger partial charge is 0.492 e. The van der Waals surface area contributed by atoms with Crippen LogP contribution in [0.5, 0.6) is 5.75 Å². The highest BCUT2D eigenvalue weighted by Gasteiger charge is 2.26. The number of nitrogens with two attached hydrogens (primary N) is 1. The lowest BCUT2D eigenvalue weighted by Crippen LogP contribution is -2.41. The summed E-state index contributed by atoms with van der Waals surface area (Å²) in [4.78, 5) is 14.4. The molecule has 1 aliphatic heterocycles. The van der Waals surface area contributed by atoms with Crippen molar-refractivity contribution < 1.29 is 13.9 Å². The van der Waals surface area contributed by atoms with Gasteiger partial charge in [-0.15, -0.1) is 0 Å². The maximum Gasteiger partial charge on any atom is 0.220 e. The topological polar surface area (TPSA) is 60.5 Å². The molecule has 2 heterocycles. The number of para-hydroxylation sites is 1. The number of benzene rings is 2. The fourth-order valence-corrected chi connectivity index (χ4v) is 4.28. The van der Waals surface area contributed by atoms with Crippen molar-refractivity contribution in [2.24, 2.45) is 11.7 Å². The summed E-state index contributed by atoms with van der Waals surface area (Å²) in [6.07, 6.45) is 3.54. The van der Waals surface area contributed by atoms with Gasteiger partial charge in [0.15, 0.2) is 0 Å². The number of amides is 1. The van der Waals surface area contributed by atoms with Crippen LogP contribution in [0.25, 0.3) is 10.9 Å². The lowest BCUT2D eigenvalue weighted by atomic mass is 9.96. The number of rotatable bonds is 6. The molecule has 0 aliphatic carbocycles. The summed E-state index contributed by atoms with van der Waals surface area (Å²) in [5.74, 6) is 0.0741. The van der Waals surface area contributed by atoms with Crippen LogP contribution in [0.1, 0.15) is 18.4 Å². The smallest absolute Gasteiger partial charge is 0.220 e. The number of nitrogens with zero attached hydrogens (tertiary/aromatic N) is 2. The van der Waals surface area contributed by atoms with Gasteiger partial charge in [0.25, 0.3) is 0 Å². The molecule has 156 valence electrons. The summed E-state index contributed by atoms with van der Waals surface area (Å²) < 4.78 is 20.9. The summed E-state index contributed by atoms with van der Waals surface area (Å²) in [5, 5.41) is 1.10. The molecule has 0 spiro atoms. The van der Waals surface area contributed by atoms with Crippen molar-refractivity contribution in [1.82, 2.24) is 9.47 Å². The molecule has 2 N–H and O–H groups in total. The van der Waals surface area contributed by atoms with E-state index in [4.69, 9.17) is 22.7 Å². The minimum atomic E-state index is -0.281. The number of piperidine rings is 1. The van der Waals surface area contributed by atoms with E-state index >= 15 is 0 Å². The monoisotopic (exact) mass is 425 g/mol. The molecule has 0 radical (unpaired) electrons. The van der Waals surface area contributed by atoms with Gasteiger partial charge in [0.2, 0.25) is 5.91 Å². The molecule has 1 fully saturated rings. The highest BCUT2D eigenvalue weighted by molar-refractivity contribution is 7.80. The Balaban J connectivity index is 1.48. The number of primary amides is 1. The first-order chi connectivity index (χ1) is 14.5. The van der Waals surface area contributed by atoms with Crippen LogP contribution in [0.4, 0.5) is 4.39 Å². The number of ether oxygens (including phenoxy) is 1. The number of likely N-dealkylation sites (tertiary alicyclic amines) is 1. The van der Waals surface area contributed by atoms with Gasteiger partial charge in [0.05, 0.1) is 6.54 Å². The van der Waals surface area contributed by atoms with Crippen molar-refractivity contribution in [2.45, 2.75) is 19.4 Å². The first-order valence-electron chi connectivity index (χ1n) is 10.1. The van der Waals surface area contributed by atoms with Gasteiger partial charge in [-0.3, -0.25) is 4.79 Å². The third-order valence-corrected chi connectivity index (χ3v) is 6.10. The number of carbonyl (C=O) groups is 1. The van der Waals surface area contributed by atoms with Gasteiger partial charge in [-0.2, -0.15) is 0 Å². The van der Waals surface area contributed by atoms with E-state index in [1.54, 1.807) is 12.1 Å².